The zero-order valence-electron chi connectivity index (χ0n) is 18.8. The highest BCUT2D eigenvalue weighted by Gasteiger charge is 2.16. The van der Waals surface area contributed by atoms with Crippen LogP contribution in [0.4, 0.5) is 0 Å². The van der Waals surface area contributed by atoms with Gasteiger partial charge in [0.15, 0.2) is 0 Å². The van der Waals surface area contributed by atoms with Gasteiger partial charge in [0.2, 0.25) is 0 Å². The molecule has 0 bridgehead atoms. The molecule has 154 valence electrons. The maximum atomic E-state index is 9.47. The standard InChI is InChI=1S/C28H36O/c1-7-10-24(9-3)27(11-8-2)28-19-23(16-17-29)13-15-26(28)22(6)25-14-12-20(4)18-21(25)5/h10-15,18-19,29H,6-9,16-17H2,1-5H3/b24-10-,27-11+. The largest absolute Gasteiger partial charge is 0.396 e. The molecule has 0 aliphatic carbocycles. The first kappa shape index (κ1) is 22.9. The van der Waals surface area contributed by atoms with E-state index in [2.05, 4.69) is 89.7 Å². The number of rotatable bonds is 9. The molecule has 0 heterocycles. The van der Waals surface area contributed by atoms with Crippen molar-refractivity contribution >= 4 is 11.1 Å². The molecular weight excluding hydrogens is 352 g/mol. The molecule has 0 spiro atoms. The van der Waals surface area contributed by atoms with Crippen LogP contribution >= 0.6 is 0 Å². The van der Waals surface area contributed by atoms with E-state index in [1.807, 2.05) is 0 Å². The molecule has 2 aromatic carbocycles. The minimum absolute atomic E-state index is 0.162. The molecule has 0 fully saturated rings. The second kappa shape index (κ2) is 11.0. The lowest BCUT2D eigenvalue weighted by Crippen LogP contribution is -2.01. The Kier molecular flexibility index (Phi) is 8.67. The Bertz CT molecular complexity index is 912. The van der Waals surface area contributed by atoms with Crippen LogP contribution in [-0.4, -0.2) is 11.7 Å². The number of aryl methyl sites for hydroxylation is 2. The van der Waals surface area contributed by atoms with Crippen molar-refractivity contribution in [3.8, 4) is 0 Å². The molecule has 0 aliphatic rings. The third-order valence-electron chi connectivity index (χ3n) is 5.39. The van der Waals surface area contributed by atoms with Crippen molar-refractivity contribution in [2.45, 2.75) is 60.3 Å². The summed E-state index contributed by atoms with van der Waals surface area (Å²) < 4.78 is 0. The van der Waals surface area contributed by atoms with Crippen molar-refractivity contribution in [2.24, 2.45) is 0 Å². The Morgan fingerprint density at radius 2 is 1.59 bits per heavy atom. The van der Waals surface area contributed by atoms with E-state index in [0.29, 0.717) is 6.42 Å². The molecule has 2 rings (SSSR count). The van der Waals surface area contributed by atoms with Gasteiger partial charge in [-0.25, -0.2) is 0 Å². The van der Waals surface area contributed by atoms with E-state index in [9.17, 15) is 5.11 Å². The van der Waals surface area contributed by atoms with Crippen LogP contribution in [0.1, 0.15) is 73.4 Å². The number of benzene rings is 2. The van der Waals surface area contributed by atoms with Crippen LogP contribution in [0.5, 0.6) is 0 Å². The van der Waals surface area contributed by atoms with Gasteiger partial charge in [0.25, 0.3) is 0 Å². The van der Waals surface area contributed by atoms with Crippen molar-refractivity contribution in [3.63, 3.8) is 0 Å². The van der Waals surface area contributed by atoms with E-state index in [1.54, 1.807) is 0 Å². The smallest absolute Gasteiger partial charge is 0.0471 e. The topological polar surface area (TPSA) is 20.2 Å². The van der Waals surface area contributed by atoms with Gasteiger partial charge in [0.1, 0.15) is 0 Å². The molecule has 0 saturated heterocycles. The minimum atomic E-state index is 0.162. The Morgan fingerprint density at radius 3 is 2.17 bits per heavy atom. The highest BCUT2D eigenvalue weighted by Crippen LogP contribution is 2.36. The molecule has 2 aromatic rings. The SMILES string of the molecule is C=C(c1ccc(C)cc1C)c1ccc(CCO)cc1C(=C/CC)/C(=C\CC)CC. The fourth-order valence-corrected chi connectivity index (χ4v) is 3.97. The van der Waals surface area contributed by atoms with Gasteiger partial charge in [-0.05, 0) is 84.1 Å². The number of aliphatic hydroxyl groups excluding tert-OH is 1. The zero-order valence-corrected chi connectivity index (χ0v) is 18.8. The highest BCUT2D eigenvalue weighted by molar-refractivity contribution is 5.91. The van der Waals surface area contributed by atoms with Crippen molar-refractivity contribution < 1.29 is 5.11 Å². The third-order valence-corrected chi connectivity index (χ3v) is 5.39. The fourth-order valence-electron chi connectivity index (χ4n) is 3.97. The predicted octanol–water partition coefficient (Wildman–Crippen LogP) is 7.44. The quantitative estimate of drug-likeness (QED) is 0.443. The molecule has 0 aromatic heterocycles. The second-order valence-electron chi connectivity index (χ2n) is 7.67. The second-order valence-corrected chi connectivity index (χ2v) is 7.67. The first-order chi connectivity index (χ1) is 14.0. The van der Waals surface area contributed by atoms with Crippen LogP contribution in [0, 0.1) is 13.8 Å². The van der Waals surface area contributed by atoms with E-state index in [-0.39, 0.29) is 6.61 Å². The average Bonchev–Trinajstić information content (AvgIpc) is 2.70. The Hall–Kier alpha value is -2.38. The molecule has 1 nitrogen and oxygen atoms in total. The van der Waals surface area contributed by atoms with E-state index in [0.717, 1.165) is 30.4 Å². The summed E-state index contributed by atoms with van der Waals surface area (Å²) in [6.07, 6.45) is 8.34. The van der Waals surface area contributed by atoms with Gasteiger partial charge >= 0.3 is 0 Å². The van der Waals surface area contributed by atoms with Gasteiger partial charge < -0.3 is 5.11 Å². The van der Waals surface area contributed by atoms with Crippen molar-refractivity contribution in [1.82, 2.24) is 0 Å². The minimum Gasteiger partial charge on any atom is -0.396 e. The van der Waals surface area contributed by atoms with Gasteiger partial charge in [-0.2, -0.15) is 0 Å². The van der Waals surface area contributed by atoms with Crippen LogP contribution in [0.25, 0.3) is 11.1 Å². The summed E-state index contributed by atoms with van der Waals surface area (Å²) in [5.74, 6) is 0. The van der Waals surface area contributed by atoms with Crippen molar-refractivity contribution in [1.29, 1.82) is 0 Å². The average molecular weight is 389 g/mol. The van der Waals surface area contributed by atoms with Crippen LogP contribution in [0.2, 0.25) is 0 Å². The molecule has 0 aliphatic heterocycles. The van der Waals surface area contributed by atoms with Crippen molar-refractivity contribution in [2.75, 3.05) is 6.61 Å². The lowest BCUT2D eigenvalue weighted by Gasteiger charge is -2.20. The van der Waals surface area contributed by atoms with E-state index in [4.69, 9.17) is 0 Å². The first-order valence-corrected chi connectivity index (χ1v) is 10.9. The summed E-state index contributed by atoms with van der Waals surface area (Å²) in [4.78, 5) is 0. The van der Waals surface area contributed by atoms with E-state index in [1.165, 1.54) is 39.0 Å². The lowest BCUT2D eigenvalue weighted by molar-refractivity contribution is 0.299. The first-order valence-electron chi connectivity index (χ1n) is 10.9. The molecule has 0 atom stereocenters. The molecule has 0 radical (unpaired) electrons. The van der Waals surface area contributed by atoms with E-state index >= 15 is 0 Å². The molecule has 0 saturated carbocycles. The lowest BCUT2D eigenvalue weighted by atomic mass is 9.84. The van der Waals surface area contributed by atoms with Gasteiger partial charge in [-0.3, -0.25) is 0 Å². The molecule has 1 heteroatoms. The molecule has 29 heavy (non-hydrogen) atoms. The zero-order chi connectivity index (χ0) is 21.4. The molecule has 1 N–H and O–H groups in total. The van der Waals surface area contributed by atoms with Crippen molar-refractivity contribution in [3.05, 3.63) is 94.1 Å². The van der Waals surface area contributed by atoms with Gasteiger partial charge in [0.05, 0.1) is 0 Å². The molecule has 0 unspecified atom stereocenters. The summed E-state index contributed by atoms with van der Waals surface area (Å²) in [6.45, 7) is 15.5. The van der Waals surface area contributed by atoms with Gasteiger partial charge in [-0.1, -0.05) is 81.5 Å². The van der Waals surface area contributed by atoms with Gasteiger partial charge in [0, 0.05) is 6.61 Å². The summed E-state index contributed by atoms with van der Waals surface area (Å²) in [5, 5.41) is 9.47. The number of aliphatic hydroxyl groups is 1. The van der Waals surface area contributed by atoms with Crippen LogP contribution < -0.4 is 0 Å². The number of hydrogen-bond donors (Lipinski definition) is 1. The maximum absolute atomic E-state index is 9.47. The summed E-state index contributed by atoms with van der Waals surface area (Å²) in [5.41, 5.74) is 11.0. The Balaban J connectivity index is 2.70. The van der Waals surface area contributed by atoms with Crippen LogP contribution in [-0.2, 0) is 6.42 Å². The van der Waals surface area contributed by atoms with E-state index < -0.39 is 0 Å². The Morgan fingerprint density at radius 1 is 0.897 bits per heavy atom. The van der Waals surface area contributed by atoms with Gasteiger partial charge in [-0.15, -0.1) is 0 Å². The monoisotopic (exact) mass is 388 g/mol. The molecule has 0 amide bonds. The third kappa shape index (κ3) is 5.58. The predicted molar refractivity (Wildman–Crippen MR) is 128 cm³/mol. The highest BCUT2D eigenvalue weighted by atomic mass is 16.2. The summed E-state index contributed by atoms with van der Waals surface area (Å²) >= 11 is 0. The molecular formula is C28H36O. The van der Waals surface area contributed by atoms with Crippen LogP contribution in [0.3, 0.4) is 0 Å². The normalized spacial score (nSPS) is 12.3. The summed E-state index contributed by atoms with van der Waals surface area (Å²) in [6, 6.07) is 13.1. The fraction of sp³-hybridized carbons (Fsp3) is 0.357. The number of allylic oxidation sites excluding steroid dienone is 4. The maximum Gasteiger partial charge on any atom is 0.0471 e. The van der Waals surface area contributed by atoms with Crippen LogP contribution in [0.15, 0.2) is 60.7 Å². The number of hydrogen-bond acceptors (Lipinski definition) is 1. The summed E-state index contributed by atoms with van der Waals surface area (Å²) in [7, 11) is 0. The Labute approximate surface area is 177 Å².